The average Bonchev–Trinajstić information content (AvgIpc) is 3.34. The van der Waals surface area contributed by atoms with Gasteiger partial charge in [-0.05, 0) is 44.4 Å². The van der Waals surface area contributed by atoms with E-state index in [4.69, 9.17) is 16.3 Å². The van der Waals surface area contributed by atoms with Gasteiger partial charge in [-0.2, -0.15) is 9.40 Å². The predicted octanol–water partition coefficient (Wildman–Crippen LogP) is 4.37. The minimum atomic E-state index is -4.18. The van der Waals surface area contributed by atoms with Gasteiger partial charge in [0.05, 0.1) is 22.6 Å². The second-order valence-electron chi connectivity index (χ2n) is 8.94. The normalized spacial score (nSPS) is 11.8. The SMILES string of the molecule is CN(C)CCOc1ccccc1CN(C)S(=O)(=O)c1cc(-c2ccnn2-c2ccccc2Cl)c(O)cc1O. The van der Waals surface area contributed by atoms with Gasteiger partial charge in [0.2, 0.25) is 10.0 Å². The number of phenolic OH excluding ortho intramolecular Hbond substituents is 2. The van der Waals surface area contributed by atoms with E-state index >= 15 is 0 Å². The second-order valence-corrected chi connectivity index (χ2v) is 11.4. The summed E-state index contributed by atoms with van der Waals surface area (Å²) in [6.45, 7) is 1.16. The number of rotatable bonds is 10. The van der Waals surface area contributed by atoms with Crippen LogP contribution < -0.4 is 4.74 Å². The molecule has 0 aliphatic heterocycles. The molecule has 9 nitrogen and oxygen atoms in total. The van der Waals surface area contributed by atoms with Crippen molar-refractivity contribution in [1.82, 2.24) is 19.0 Å². The molecule has 0 atom stereocenters. The Morgan fingerprint density at radius 2 is 1.68 bits per heavy atom. The highest BCUT2D eigenvalue weighted by atomic mass is 35.5. The highest BCUT2D eigenvalue weighted by Crippen LogP contribution is 2.39. The van der Waals surface area contributed by atoms with Crippen LogP contribution >= 0.6 is 11.6 Å². The number of sulfonamides is 1. The summed E-state index contributed by atoms with van der Waals surface area (Å²) in [6, 6.07) is 18.1. The van der Waals surface area contributed by atoms with E-state index in [0.717, 1.165) is 10.4 Å². The highest BCUT2D eigenvalue weighted by Gasteiger charge is 2.28. The third-order valence-electron chi connectivity index (χ3n) is 5.93. The van der Waals surface area contributed by atoms with Crippen molar-refractivity contribution in [3.8, 4) is 34.2 Å². The van der Waals surface area contributed by atoms with E-state index in [1.54, 1.807) is 48.5 Å². The van der Waals surface area contributed by atoms with Crippen LogP contribution in [0, 0.1) is 0 Å². The number of hydrogen-bond donors (Lipinski definition) is 2. The first-order chi connectivity index (χ1) is 18.1. The van der Waals surface area contributed by atoms with Crippen molar-refractivity contribution in [2.24, 2.45) is 0 Å². The molecule has 0 radical (unpaired) electrons. The maximum absolute atomic E-state index is 13.6. The maximum Gasteiger partial charge on any atom is 0.246 e. The number of halogens is 1. The van der Waals surface area contributed by atoms with E-state index in [2.05, 4.69) is 5.10 Å². The quantitative estimate of drug-likeness (QED) is 0.299. The van der Waals surface area contributed by atoms with Crippen LogP contribution in [0.4, 0.5) is 0 Å². The summed E-state index contributed by atoms with van der Waals surface area (Å²) >= 11 is 6.34. The van der Waals surface area contributed by atoms with Crippen LogP contribution in [-0.4, -0.2) is 71.9 Å². The number of nitrogens with zero attached hydrogens (tertiary/aromatic N) is 4. The molecule has 200 valence electrons. The summed E-state index contributed by atoms with van der Waals surface area (Å²) in [7, 11) is 1.12. The average molecular weight is 557 g/mol. The Balaban J connectivity index is 1.68. The van der Waals surface area contributed by atoms with Crippen LogP contribution in [-0.2, 0) is 16.6 Å². The van der Waals surface area contributed by atoms with Gasteiger partial charge >= 0.3 is 0 Å². The number of ether oxygens (including phenoxy) is 1. The molecule has 0 unspecified atom stereocenters. The van der Waals surface area contributed by atoms with Crippen LogP contribution in [0.15, 0.2) is 77.8 Å². The lowest BCUT2D eigenvalue weighted by Gasteiger charge is -2.21. The molecule has 1 heterocycles. The number of likely N-dealkylation sites (N-methyl/N-ethyl adjacent to an activating group) is 1. The van der Waals surface area contributed by atoms with Crippen LogP contribution in [0.5, 0.6) is 17.2 Å². The molecule has 0 amide bonds. The number of hydrogen-bond acceptors (Lipinski definition) is 7. The van der Waals surface area contributed by atoms with Crippen LogP contribution in [0.3, 0.4) is 0 Å². The Morgan fingerprint density at radius 3 is 2.42 bits per heavy atom. The van der Waals surface area contributed by atoms with Gasteiger partial charge in [-0.1, -0.05) is 41.9 Å². The van der Waals surface area contributed by atoms with Crippen LogP contribution in [0.1, 0.15) is 5.56 Å². The van der Waals surface area contributed by atoms with Gasteiger partial charge in [0.15, 0.2) is 0 Å². The number of aromatic nitrogens is 2. The Labute approximate surface area is 227 Å². The van der Waals surface area contributed by atoms with Gasteiger partial charge in [0, 0.05) is 37.3 Å². The first kappa shape index (κ1) is 27.5. The second kappa shape index (κ2) is 11.4. The van der Waals surface area contributed by atoms with Gasteiger partial charge < -0.3 is 19.8 Å². The number of para-hydroxylation sites is 2. The maximum atomic E-state index is 13.6. The first-order valence-electron chi connectivity index (χ1n) is 11.8. The van der Waals surface area contributed by atoms with Crippen LogP contribution in [0.25, 0.3) is 16.9 Å². The van der Waals surface area contributed by atoms with Gasteiger partial charge in [-0.15, -0.1) is 0 Å². The van der Waals surface area contributed by atoms with Crippen molar-refractivity contribution in [3.63, 3.8) is 0 Å². The fourth-order valence-corrected chi connectivity index (χ4v) is 5.35. The van der Waals surface area contributed by atoms with E-state index < -0.39 is 15.8 Å². The fourth-order valence-electron chi connectivity index (χ4n) is 3.90. The minimum absolute atomic E-state index is 0.00762. The van der Waals surface area contributed by atoms with Crippen molar-refractivity contribution in [2.75, 3.05) is 34.3 Å². The van der Waals surface area contributed by atoms with Crippen molar-refractivity contribution < 1.29 is 23.4 Å². The van der Waals surface area contributed by atoms with E-state index in [1.165, 1.54) is 24.0 Å². The van der Waals surface area contributed by atoms with E-state index in [0.29, 0.717) is 40.9 Å². The monoisotopic (exact) mass is 556 g/mol. The molecule has 0 spiro atoms. The molecular formula is C27H29ClN4O5S. The molecule has 4 rings (SSSR count). The number of phenols is 2. The largest absolute Gasteiger partial charge is 0.507 e. The summed E-state index contributed by atoms with van der Waals surface area (Å²) in [4.78, 5) is 1.63. The Kier molecular flexibility index (Phi) is 8.27. The molecule has 0 fully saturated rings. The molecule has 1 aromatic heterocycles. The van der Waals surface area contributed by atoms with E-state index in [-0.39, 0.29) is 22.8 Å². The number of aromatic hydroxyl groups is 2. The molecule has 0 aliphatic carbocycles. The molecule has 4 aromatic rings. The summed E-state index contributed by atoms with van der Waals surface area (Å²) in [5.41, 5.74) is 1.79. The van der Waals surface area contributed by atoms with Crippen molar-refractivity contribution in [2.45, 2.75) is 11.4 Å². The zero-order chi connectivity index (χ0) is 27.4. The first-order valence-corrected chi connectivity index (χ1v) is 13.6. The smallest absolute Gasteiger partial charge is 0.246 e. The fraction of sp³-hybridized carbons (Fsp3) is 0.222. The standard InChI is InChI=1S/C27H29ClN4O5S/c1-30(2)14-15-37-26-11-7-4-8-19(26)18-31(3)38(35,36)27-16-20(24(33)17-25(27)34)22-12-13-29-32(22)23-10-6-5-9-21(23)28/h4-13,16-17,33-34H,14-15,18H2,1-3H3. The summed E-state index contributed by atoms with van der Waals surface area (Å²) < 4.78 is 35.7. The summed E-state index contributed by atoms with van der Waals surface area (Å²) in [6.07, 6.45) is 1.51. The predicted molar refractivity (Wildman–Crippen MR) is 146 cm³/mol. The third-order valence-corrected chi connectivity index (χ3v) is 8.08. The lowest BCUT2D eigenvalue weighted by Crippen LogP contribution is -2.27. The molecule has 11 heteroatoms. The molecule has 3 aromatic carbocycles. The molecule has 0 bridgehead atoms. The summed E-state index contributed by atoms with van der Waals surface area (Å²) in [5, 5.41) is 26.0. The van der Waals surface area contributed by atoms with Crippen molar-refractivity contribution in [1.29, 1.82) is 0 Å². The topological polar surface area (TPSA) is 108 Å². The van der Waals surface area contributed by atoms with Gasteiger partial charge in [0.25, 0.3) is 0 Å². The Morgan fingerprint density at radius 1 is 0.974 bits per heavy atom. The molecule has 0 aliphatic rings. The number of benzene rings is 3. The van der Waals surface area contributed by atoms with Crippen molar-refractivity contribution >= 4 is 21.6 Å². The summed E-state index contributed by atoms with van der Waals surface area (Å²) in [5.74, 6) is -0.300. The Bertz CT molecular complexity index is 1540. The van der Waals surface area contributed by atoms with Gasteiger partial charge in [-0.25, -0.2) is 13.1 Å². The van der Waals surface area contributed by atoms with E-state index in [1.807, 2.05) is 25.1 Å². The molecular weight excluding hydrogens is 528 g/mol. The highest BCUT2D eigenvalue weighted by molar-refractivity contribution is 7.89. The minimum Gasteiger partial charge on any atom is -0.507 e. The molecule has 0 saturated carbocycles. The zero-order valence-electron chi connectivity index (χ0n) is 21.2. The zero-order valence-corrected chi connectivity index (χ0v) is 22.8. The van der Waals surface area contributed by atoms with Gasteiger partial charge in [0.1, 0.15) is 28.8 Å². The lowest BCUT2D eigenvalue weighted by molar-refractivity contribution is 0.258. The molecule has 2 N–H and O–H groups in total. The molecule has 38 heavy (non-hydrogen) atoms. The van der Waals surface area contributed by atoms with Gasteiger partial charge in [-0.3, -0.25) is 0 Å². The van der Waals surface area contributed by atoms with Crippen LogP contribution in [0.2, 0.25) is 5.02 Å². The Hall–Kier alpha value is -3.57. The van der Waals surface area contributed by atoms with E-state index in [9.17, 15) is 18.6 Å². The lowest BCUT2D eigenvalue weighted by atomic mass is 10.1. The third kappa shape index (κ3) is 5.78. The van der Waals surface area contributed by atoms with Crippen molar-refractivity contribution in [3.05, 3.63) is 83.5 Å². The molecule has 0 saturated heterocycles.